The zero-order valence-electron chi connectivity index (χ0n) is 17.8. The normalized spacial score (nSPS) is 10.5. The average molecular weight is 423 g/mol. The Kier molecular flexibility index (Phi) is 7.24. The van der Waals surface area contributed by atoms with E-state index in [0.717, 1.165) is 29.9 Å². The highest BCUT2D eigenvalue weighted by Gasteiger charge is 2.05. The van der Waals surface area contributed by atoms with Gasteiger partial charge in [-0.3, -0.25) is 4.98 Å². The van der Waals surface area contributed by atoms with Crippen molar-refractivity contribution in [2.24, 2.45) is 0 Å². The maximum atomic E-state index is 12.1. The van der Waals surface area contributed by atoms with Gasteiger partial charge in [0.1, 0.15) is 0 Å². The molecule has 0 saturated heterocycles. The smallest absolute Gasteiger partial charge is 0.319 e. The number of nitrogens with one attached hydrogen (secondary N) is 3. The first-order valence-corrected chi connectivity index (χ1v) is 10.6. The van der Waals surface area contributed by atoms with Crippen LogP contribution in [-0.4, -0.2) is 11.0 Å². The van der Waals surface area contributed by atoms with Gasteiger partial charge in [-0.2, -0.15) is 0 Å². The highest BCUT2D eigenvalue weighted by atomic mass is 16.2. The summed E-state index contributed by atoms with van der Waals surface area (Å²) in [7, 11) is 0. The third kappa shape index (κ3) is 6.03. The van der Waals surface area contributed by atoms with E-state index in [-0.39, 0.29) is 6.03 Å². The molecule has 160 valence electrons. The lowest BCUT2D eigenvalue weighted by molar-refractivity contribution is 0.251. The topological polar surface area (TPSA) is 66.0 Å². The highest BCUT2D eigenvalue weighted by Crippen LogP contribution is 2.23. The van der Waals surface area contributed by atoms with Crippen molar-refractivity contribution in [1.82, 2.24) is 15.6 Å². The number of aromatic nitrogens is 1. The fourth-order valence-electron chi connectivity index (χ4n) is 3.48. The number of pyridine rings is 1. The zero-order chi connectivity index (χ0) is 22.0. The van der Waals surface area contributed by atoms with E-state index in [0.29, 0.717) is 6.54 Å². The van der Waals surface area contributed by atoms with Crippen LogP contribution in [0.25, 0.3) is 11.1 Å². The molecule has 0 aliphatic heterocycles. The van der Waals surface area contributed by atoms with Crippen molar-refractivity contribution >= 4 is 11.7 Å². The van der Waals surface area contributed by atoms with Crippen LogP contribution in [0.3, 0.4) is 0 Å². The van der Waals surface area contributed by atoms with Gasteiger partial charge in [0.25, 0.3) is 0 Å². The summed E-state index contributed by atoms with van der Waals surface area (Å²) in [6, 6.07) is 30.3. The average Bonchev–Trinajstić information content (AvgIpc) is 2.85. The molecule has 5 nitrogen and oxygen atoms in total. The number of amides is 2. The molecule has 0 saturated carbocycles. The SMILES string of the molecule is O=C(NCc1cccnc1)Nc1ccc(CNCc2ccccc2-c2ccccc2)cc1. The van der Waals surface area contributed by atoms with E-state index in [4.69, 9.17) is 0 Å². The molecule has 1 aromatic heterocycles. The number of hydrogen-bond donors (Lipinski definition) is 3. The van der Waals surface area contributed by atoms with Gasteiger partial charge in [-0.05, 0) is 46.0 Å². The Morgan fingerprint density at radius 1 is 0.719 bits per heavy atom. The molecule has 3 N–H and O–H groups in total. The van der Waals surface area contributed by atoms with Crippen molar-refractivity contribution in [2.45, 2.75) is 19.6 Å². The van der Waals surface area contributed by atoms with E-state index in [1.165, 1.54) is 16.7 Å². The van der Waals surface area contributed by atoms with Gasteiger partial charge in [-0.15, -0.1) is 0 Å². The van der Waals surface area contributed by atoms with Gasteiger partial charge in [0, 0.05) is 37.7 Å². The number of benzene rings is 3. The number of hydrogen-bond acceptors (Lipinski definition) is 3. The van der Waals surface area contributed by atoms with Crippen LogP contribution in [0.2, 0.25) is 0 Å². The zero-order valence-corrected chi connectivity index (χ0v) is 17.8. The molecule has 5 heteroatoms. The minimum absolute atomic E-state index is 0.239. The van der Waals surface area contributed by atoms with Crippen molar-refractivity contribution in [2.75, 3.05) is 5.32 Å². The molecule has 0 spiro atoms. The summed E-state index contributed by atoms with van der Waals surface area (Å²) in [5.41, 5.74) is 6.61. The summed E-state index contributed by atoms with van der Waals surface area (Å²) in [4.78, 5) is 16.1. The number of rotatable bonds is 8. The van der Waals surface area contributed by atoms with Crippen LogP contribution >= 0.6 is 0 Å². The van der Waals surface area contributed by atoms with E-state index >= 15 is 0 Å². The Morgan fingerprint density at radius 3 is 2.28 bits per heavy atom. The van der Waals surface area contributed by atoms with Crippen molar-refractivity contribution in [1.29, 1.82) is 0 Å². The van der Waals surface area contributed by atoms with Gasteiger partial charge in [-0.25, -0.2) is 4.79 Å². The summed E-state index contributed by atoms with van der Waals surface area (Å²) < 4.78 is 0. The molecule has 4 rings (SSSR count). The minimum Gasteiger partial charge on any atom is -0.334 e. The number of urea groups is 1. The maximum Gasteiger partial charge on any atom is 0.319 e. The van der Waals surface area contributed by atoms with E-state index in [2.05, 4.69) is 69.5 Å². The van der Waals surface area contributed by atoms with Crippen LogP contribution in [0.4, 0.5) is 10.5 Å². The lowest BCUT2D eigenvalue weighted by Gasteiger charge is -2.12. The summed E-state index contributed by atoms with van der Waals surface area (Å²) in [5.74, 6) is 0. The summed E-state index contributed by atoms with van der Waals surface area (Å²) in [6.07, 6.45) is 3.45. The molecule has 0 atom stereocenters. The van der Waals surface area contributed by atoms with Gasteiger partial charge in [0.15, 0.2) is 0 Å². The number of carbonyl (C=O) groups excluding carboxylic acids is 1. The summed E-state index contributed by atoms with van der Waals surface area (Å²) in [5, 5.41) is 9.21. The maximum absolute atomic E-state index is 12.1. The molecule has 0 radical (unpaired) electrons. The number of nitrogens with zero attached hydrogens (tertiary/aromatic N) is 1. The van der Waals surface area contributed by atoms with E-state index < -0.39 is 0 Å². The first-order valence-electron chi connectivity index (χ1n) is 10.6. The second-order valence-electron chi connectivity index (χ2n) is 7.49. The molecule has 0 fully saturated rings. The largest absolute Gasteiger partial charge is 0.334 e. The Morgan fingerprint density at radius 2 is 1.50 bits per heavy atom. The van der Waals surface area contributed by atoms with Crippen molar-refractivity contribution in [3.8, 4) is 11.1 Å². The van der Waals surface area contributed by atoms with Crippen molar-refractivity contribution in [3.05, 3.63) is 120 Å². The Bertz CT molecular complexity index is 1130. The summed E-state index contributed by atoms with van der Waals surface area (Å²) >= 11 is 0. The third-order valence-corrected chi connectivity index (χ3v) is 5.13. The molecule has 0 aliphatic rings. The second-order valence-corrected chi connectivity index (χ2v) is 7.49. The molecule has 0 aliphatic carbocycles. The number of carbonyl (C=O) groups is 1. The fraction of sp³-hybridized carbons (Fsp3) is 0.111. The first-order chi connectivity index (χ1) is 15.8. The molecule has 2 amide bonds. The molecule has 3 aromatic carbocycles. The van der Waals surface area contributed by atoms with E-state index in [1.807, 2.05) is 42.5 Å². The lowest BCUT2D eigenvalue weighted by Crippen LogP contribution is -2.28. The van der Waals surface area contributed by atoms with Gasteiger partial charge < -0.3 is 16.0 Å². The highest BCUT2D eigenvalue weighted by molar-refractivity contribution is 5.89. The monoisotopic (exact) mass is 422 g/mol. The standard InChI is InChI=1S/C27H26N4O/c32-27(30-19-22-7-6-16-28-18-22)31-25-14-12-21(13-15-25)17-29-20-24-10-4-5-11-26(24)23-8-2-1-3-9-23/h1-16,18,29H,17,19-20H2,(H2,30,31,32). The van der Waals surface area contributed by atoms with Gasteiger partial charge >= 0.3 is 6.03 Å². The Labute approximate surface area is 188 Å². The van der Waals surface area contributed by atoms with Crippen LogP contribution in [0.15, 0.2) is 103 Å². The van der Waals surface area contributed by atoms with Crippen LogP contribution < -0.4 is 16.0 Å². The quantitative estimate of drug-likeness (QED) is 0.358. The predicted molar refractivity (Wildman–Crippen MR) is 129 cm³/mol. The first kappa shape index (κ1) is 21.3. The van der Waals surface area contributed by atoms with Crippen molar-refractivity contribution < 1.29 is 4.79 Å². The molecular weight excluding hydrogens is 396 g/mol. The van der Waals surface area contributed by atoms with Crippen LogP contribution in [0.1, 0.15) is 16.7 Å². The van der Waals surface area contributed by atoms with E-state index in [1.54, 1.807) is 12.4 Å². The molecule has 0 unspecified atom stereocenters. The number of anilines is 1. The lowest BCUT2D eigenvalue weighted by atomic mass is 10.00. The molecule has 1 heterocycles. The predicted octanol–water partition coefficient (Wildman–Crippen LogP) is 5.36. The van der Waals surface area contributed by atoms with Crippen LogP contribution in [0.5, 0.6) is 0 Å². The minimum atomic E-state index is -0.239. The summed E-state index contributed by atoms with van der Waals surface area (Å²) in [6.45, 7) is 1.96. The van der Waals surface area contributed by atoms with Crippen molar-refractivity contribution in [3.63, 3.8) is 0 Å². The van der Waals surface area contributed by atoms with Crippen LogP contribution in [-0.2, 0) is 19.6 Å². The Hall–Kier alpha value is -3.96. The molecular formula is C27H26N4O. The third-order valence-electron chi connectivity index (χ3n) is 5.13. The molecule has 0 bridgehead atoms. The van der Waals surface area contributed by atoms with E-state index in [9.17, 15) is 4.79 Å². The van der Waals surface area contributed by atoms with Gasteiger partial charge in [-0.1, -0.05) is 72.8 Å². The Balaban J connectivity index is 1.26. The van der Waals surface area contributed by atoms with Crippen LogP contribution in [0, 0.1) is 0 Å². The fourth-order valence-corrected chi connectivity index (χ4v) is 3.48. The second kappa shape index (κ2) is 10.9. The van der Waals surface area contributed by atoms with Gasteiger partial charge in [0.2, 0.25) is 0 Å². The molecule has 32 heavy (non-hydrogen) atoms. The van der Waals surface area contributed by atoms with Gasteiger partial charge in [0.05, 0.1) is 0 Å². The molecule has 4 aromatic rings.